The maximum Gasteiger partial charge on any atom is 0.180 e. The zero-order valence-corrected chi connectivity index (χ0v) is 10.5. The third kappa shape index (κ3) is 2.40. The van der Waals surface area contributed by atoms with Crippen LogP contribution in [-0.4, -0.2) is 18.6 Å². The van der Waals surface area contributed by atoms with Crippen molar-refractivity contribution in [3.8, 4) is 17.0 Å². The molecule has 90 valence electrons. The van der Waals surface area contributed by atoms with Gasteiger partial charge >= 0.3 is 0 Å². The van der Waals surface area contributed by atoms with Crippen molar-refractivity contribution in [2.75, 3.05) is 19.4 Å². The molecule has 1 heterocycles. The van der Waals surface area contributed by atoms with Gasteiger partial charge in [-0.1, -0.05) is 12.1 Å². The molecule has 4 nitrogen and oxygen atoms in total. The number of ether oxygens (including phenoxy) is 1. The van der Waals surface area contributed by atoms with Gasteiger partial charge in [-0.3, -0.25) is 0 Å². The summed E-state index contributed by atoms with van der Waals surface area (Å²) in [5.74, 6) is 0.802. The molecule has 0 aliphatic rings. The van der Waals surface area contributed by atoms with Gasteiger partial charge in [0, 0.05) is 10.4 Å². The van der Waals surface area contributed by atoms with Crippen LogP contribution in [0.25, 0.3) is 11.3 Å². The monoisotopic (exact) mass is 249 g/mol. The number of nitrogen functional groups attached to an aromatic ring is 1. The highest BCUT2D eigenvalue weighted by Gasteiger charge is 2.14. The summed E-state index contributed by atoms with van der Waals surface area (Å²) in [4.78, 5) is 5.47. The first-order chi connectivity index (χ1) is 8.26. The number of nitrogens with zero attached hydrogens (tertiary/aromatic N) is 1. The summed E-state index contributed by atoms with van der Waals surface area (Å²) < 4.78 is 5.33. The van der Waals surface area contributed by atoms with Gasteiger partial charge in [0.1, 0.15) is 5.75 Å². The summed E-state index contributed by atoms with van der Waals surface area (Å²) in [6.07, 6.45) is 0.780. The quantitative estimate of drug-likeness (QED) is 0.868. The number of thiazole rings is 1. The van der Waals surface area contributed by atoms with Crippen LogP contribution in [0.5, 0.6) is 5.75 Å². The van der Waals surface area contributed by atoms with E-state index < -0.39 is 0 Å². The SMILES string of the molecule is COc1ccccc1-c1nc(N)sc1CCN. The van der Waals surface area contributed by atoms with E-state index in [2.05, 4.69) is 4.98 Å². The summed E-state index contributed by atoms with van der Waals surface area (Å²) in [7, 11) is 1.65. The minimum atomic E-state index is 0.564. The van der Waals surface area contributed by atoms with Gasteiger partial charge < -0.3 is 16.2 Å². The highest BCUT2D eigenvalue weighted by Crippen LogP contribution is 2.35. The smallest absolute Gasteiger partial charge is 0.180 e. The number of methoxy groups -OCH3 is 1. The van der Waals surface area contributed by atoms with Crippen LogP contribution in [0.15, 0.2) is 24.3 Å². The Bertz CT molecular complexity index is 510. The van der Waals surface area contributed by atoms with Gasteiger partial charge in [0.2, 0.25) is 0 Å². The van der Waals surface area contributed by atoms with E-state index in [1.165, 1.54) is 11.3 Å². The van der Waals surface area contributed by atoms with Crippen molar-refractivity contribution in [3.63, 3.8) is 0 Å². The average molecular weight is 249 g/mol. The number of hydrogen-bond donors (Lipinski definition) is 2. The van der Waals surface area contributed by atoms with Gasteiger partial charge in [0.05, 0.1) is 12.8 Å². The molecule has 0 spiro atoms. The van der Waals surface area contributed by atoms with Crippen LogP contribution in [0.3, 0.4) is 0 Å². The average Bonchev–Trinajstić information content (AvgIpc) is 2.71. The summed E-state index contributed by atoms with van der Waals surface area (Å²) in [6.45, 7) is 0.587. The lowest BCUT2D eigenvalue weighted by molar-refractivity contribution is 0.416. The fourth-order valence-electron chi connectivity index (χ4n) is 1.72. The molecule has 0 fully saturated rings. The normalized spacial score (nSPS) is 10.5. The van der Waals surface area contributed by atoms with Gasteiger partial charge in [0.25, 0.3) is 0 Å². The van der Waals surface area contributed by atoms with Crippen LogP contribution >= 0.6 is 11.3 Å². The predicted molar refractivity (Wildman–Crippen MR) is 71.3 cm³/mol. The molecule has 0 saturated carbocycles. The highest BCUT2D eigenvalue weighted by molar-refractivity contribution is 7.15. The fraction of sp³-hybridized carbons (Fsp3) is 0.250. The molecule has 17 heavy (non-hydrogen) atoms. The second-order valence-electron chi connectivity index (χ2n) is 3.56. The van der Waals surface area contributed by atoms with Gasteiger partial charge in [-0.2, -0.15) is 0 Å². The van der Waals surface area contributed by atoms with Crippen LogP contribution in [0.2, 0.25) is 0 Å². The zero-order valence-electron chi connectivity index (χ0n) is 9.64. The van der Waals surface area contributed by atoms with Crippen molar-refractivity contribution in [3.05, 3.63) is 29.1 Å². The fourth-order valence-corrected chi connectivity index (χ4v) is 2.58. The summed E-state index contributed by atoms with van der Waals surface area (Å²) >= 11 is 1.48. The Labute approximate surface area is 104 Å². The third-order valence-corrected chi connectivity index (χ3v) is 3.39. The molecule has 0 aliphatic carbocycles. The molecule has 5 heteroatoms. The standard InChI is InChI=1S/C12H15N3OS/c1-16-9-5-3-2-4-8(9)11-10(6-7-13)17-12(14)15-11/h2-5H,6-7,13H2,1H3,(H2,14,15). The van der Waals surface area contributed by atoms with E-state index in [9.17, 15) is 0 Å². The van der Waals surface area contributed by atoms with Gasteiger partial charge in [-0.05, 0) is 25.1 Å². The van der Waals surface area contributed by atoms with E-state index in [0.717, 1.165) is 28.3 Å². The first kappa shape index (κ1) is 11.9. The van der Waals surface area contributed by atoms with E-state index in [1.54, 1.807) is 7.11 Å². The van der Waals surface area contributed by atoms with E-state index in [0.29, 0.717) is 11.7 Å². The van der Waals surface area contributed by atoms with E-state index in [-0.39, 0.29) is 0 Å². The van der Waals surface area contributed by atoms with Crippen LogP contribution in [0.4, 0.5) is 5.13 Å². The van der Waals surface area contributed by atoms with Crippen molar-refractivity contribution in [2.45, 2.75) is 6.42 Å². The Morgan fingerprint density at radius 2 is 2.12 bits per heavy atom. The molecule has 0 aliphatic heterocycles. The lowest BCUT2D eigenvalue weighted by atomic mass is 10.1. The molecule has 0 bridgehead atoms. The maximum absolute atomic E-state index is 5.76. The van der Waals surface area contributed by atoms with Crippen LogP contribution < -0.4 is 16.2 Å². The summed E-state index contributed by atoms with van der Waals surface area (Å²) in [5, 5.41) is 0.564. The molecular weight excluding hydrogens is 234 g/mol. The number of hydrogen-bond acceptors (Lipinski definition) is 5. The Morgan fingerprint density at radius 3 is 2.82 bits per heavy atom. The lowest BCUT2D eigenvalue weighted by Gasteiger charge is -2.07. The summed E-state index contributed by atoms with van der Waals surface area (Å²) in [6, 6.07) is 7.78. The lowest BCUT2D eigenvalue weighted by Crippen LogP contribution is -2.02. The summed E-state index contributed by atoms with van der Waals surface area (Å²) in [5.41, 5.74) is 13.2. The van der Waals surface area contributed by atoms with E-state index in [4.69, 9.17) is 16.2 Å². The van der Waals surface area contributed by atoms with E-state index in [1.807, 2.05) is 24.3 Å². The van der Waals surface area contributed by atoms with Crippen LogP contribution in [0, 0.1) is 0 Å². The van der Waals surface area contributed by atoms with Crippen molar-refractivity contribution in [1.29, 1.82) is 0 Å². The molecule has 1 aromatic carbocycles. The number of rotatable bonds is 4. The first-order valence-electron chi connectivity index (χ1n) is 5.35. The molecular formula is C12H15N3OS. The third-order valence-electron chi connectivity index (χ3n) is 2.45. The number of benzene rings is 1. The van der Waals surface area contributed by atoms with Crippen molar-refractivity contribution in [1.82, 2.24) is 4.98 Å². The topological polar surface area (TPSA) is 74.2 Å². The number of para-hydroxylation sites is 1. The van der Waals surface area contributed by atoms with Gasteiger partial charge in [-0.25, -0.2) is 4.98 Å². The minimum Gasteiger partial charge on any atom is -0.496 e. The largest absolute Gasteiger partial charge is 0.496 e. The Balaban J connectivity index is 2.51. The predicted octanol–water partition coefficient (Wildman–Crippen LogP) is 1.90. The van der Waals surface area contributed by atoms with Crippen molar-refractivity contribution < 1.29 is 4.74 Å². The van der Waals surface area contributed by atoms with Crippen LogP contribution in [-0.2, 0) is 6.42 Å². The molecule has 0 amide bonds. The van der Waals surface area contributed by atoms with Gasteiger partial charge in [-0.15, -0.1) is 11.3 Å². The Kier molecular flexibility index (Phi) is 3.61. The number of anilines is 1. The van der Waals surface area contributed by atoms with Crippen LogP contribution in [0.1, 0.15) is 4.88 Å². The molecule has 4 N–H and O–H groups in total. The second kappa shape index (κ2) is 5.16. The molecule has 1 aromatic heterocycles. The molecule has 2 aromatic rings. The van der Waals surface area contributed by atoms with Gasteiger partial charge in [0.15, 0.2) is 5.13 Å². The Hall–Kier alpha value is -1.59. The maximum atomic E-state index is 5.76. The van der Waals surface area contributed by atoms with Crippen molar-refractivity contribution in [2.24, 2.45) is 5.73 Å². The molecule has 0 unspecified atom stereocenters. The molecule has 2 rings (SSSR count). The Morgan fingerprint density at radius 1 is 1.35 bits per heavy atom. The number of nitrogens with two attached hydrogens (primary N) is 2. The van der Waals surface area contributed by atoms with Crippen molar-refractivity contribution >= 4 is 16.5 Å². The molecule has 0 radical (unpaired) electrons. The molecule has 0 atom stereocenters. The zero-order chi connectivity index (χ0) is 12.3. The first-order valence-corrected chi connectivity index (χ1v) is 6.16. The van der Waals surface area contributed by atoms with E-state index >= 15 is 0 Å². The number of aromatic nitrogens is 1. The molecule has 0 saturated heterocycles. The highest BCUT2D eigenvalue weighted by atomic mass is 32.1. The second-order valence-corrected chi connectivity index (χ2v) is 4.68. The minimum absolute atomic E-state index is 0.564.